The van der Waals surface area contributed by atoms with E-state index in [0.29, 0.717) is 24.1 Å². The molecule has 1 aliphatic rings. The molecule has 1 amide bonds. The van der Waals surface area contributed by atoms with Gasteiger partial charge in [0.05, 0.1) is 7.11 Å². The van der Waals surface area contributed by atoms with Crippen molar-refractivity contribution < 1.29 is 14.3 Å². The molecule has 2 aromatic carbocycles. The minimum atomic E-state index is -0.0387. The second-order valence-electron chi connectivity index (χ2n) is 6.76. The number of fused-ring (bicyclic) bond motifs is 1. The van der Waals surface area contributed by atoms with Crippen molar-refractivity contribution in [3.8, 4) is 11.5 Å². The van der Waals surface area contributed by atoms with E-state index in [4.69, 9.17) is 9.47 Å². The number of rotatable bonds is 6. The third-order valence-electron chi connectivity index (χ3n) is 4.95. The lowest BCUT2D eigenvalue weighted by Gasteiger charge is -2.36. The van der Waals surface area contributed by atoms with Gasteiger partial charge in [0.25, 0.3) is 5.91 Å². The summed E-state index contributed by atoms with van der Waals surface area (Å²) < 4.78 is 10.9. The van der Waals surface area contributed by atoms with Gasteiger partial charge in [-0.2, -0.15) is 0 Å². The van der Waals surface area contributed by atoms with E-state index in [1.165, 1.54) is 11.1 Å². The topological polar surface area (TPSA) is 42.0 Å². The smallest absolute Gasteiger partial charge is 0.260 e. The molecule has 2 aromatic rings. The molecule has 0 spiro atoms. The number of hydrogen-bond acceptors (Lipinski definition) is 4. The summed E-state index contributed by atoms with van der Waals surface area (Å²) in [6, 6.07) is 16.2. The highest BCUT2D eigenvalue weighted by Crippen LogP contribution is 2.26. The lowest BCUT2D eigenvalue weighted by molar-refractivity contribution is -0.132. The van der Waals surface area contributed by atoms with E-state index in [1.54, 1.807) is 18.1 Å². The number of carbonyl (C=O) groups is 1. The van der Waals surface area contributed by atoms with Gasteiger partial charge < -0.3 is 14.4 Å². The van der Waals surface area contributed by atoms with Gasteiger partial charge in [0.1, 0.15) is 0 Å². The first-order valence-corrected chi connectivity index (χ1v) is 8.85. The summed E-state index contributed by atoms with van der Waals surface area (Å²) in [6.07, 6.45) is 0.956. The van der Waals surface area contributed by atoms with Crippen LogP contribution in [-0.2, 0) is 17.8 Å². The summed E-state index contributed by atoms with van der Waals surface area (Å²) in [7, 11) is 5.54. The summed E-state index contributed by atoms with van der Waals surface area (Å²) in [6.45, 7) is 1.60. The van der Waals surface area contributed by atoms with E-state index >= 15 is 0 Å². The standard InChI is InChI=1S/C21H26N2O3/c1-22-13-17-9-5-4-8-16(17)12-18(22)14-23(2)21(24)15-26-20-11-7-6-10-19(20)25-3/h4-11,18H,12-15H2,1-3H3/t18-/m1/s1. The number of benzene rings is 2. The average molecular weight is 354 g/mol. The third-order valence-corrected chi connectivity index (χ3v) is 4.95. The van der Waals surface area contributed by atoms with Crippen molar-refractivity contribution >= 4 is 5.91 Å². The van der Waals surface area contributed by atoms with Crippen LogP contribution in [0.15, 0.2) is 48.5 Å². The molecular formula is C21H26N2O3. The molecule has 0 saturated carbocycles. The Balaban J connectivity index is 1.56. The molecule has 0 fully saturated rings. The van der Waals surface area contributed by atoms with Gasteiger partial charge in [-0.3, -0.25) is 9.69 Å². The fourth-order valence-corrected chi connectivity index (χ4v) is 3.33. The Morgan fingerprint density at radius 3 is 2.50 bits per heavy atom. The van der Waals surface area contributed by atoms with Crippen molar-refractivity contribution in [1.29, 1.82) is 0 Å². The predicted molar refractivity (Wildman–Crippen MR) is 102 cm³/mol. The highest BCUT2D eigenvalue weighted by Gasteiger charge is 2.25. The van der Waals surface area contributed by atoms with Crippen LogP contribution in [0.3, 0.4) is 0 Å². The fraction of sp³-hybridized carbons (Fsp3) is 0.381. The van der Waals surface area contributed by atoms with Crippen LogP contribution in [0.2, 0.25) is 0 Å². The first-order chi connectivity index (χ1) is 12.6. The molecule has 26 heavy (non-hydrogen) atoms. The maximum absolute atomic E-state index is 12.5. The quantitative estimate of drug-likeness (QED) is 0.800. The maximum atomic E-state index is 12.5. The number of amides is 1. The number of para-hydroxylation sites is 2. The van der Waals surface area contributed by atoms with Crippen LogP contribution < -0.4 is 9.47 Å². The second-order valence-corrected chi connectivity index (χ2v) is 6.76. The molecule has 0 aliphatic carbocycles. The number of ether oxygens (including phenoxy) is 2. The normalized spacial score (nSPS) is 16.7. The molecule has 5 nitrogen and oxygen atoms in total. The molecular weight excluding hydrogens is 328 g/mol. The van der Waals surface area contributed by atoms with Crippen LogP contribution in [0.1, 0.15) is 11.1 Å². The molecule has 3 rings (SSSR count). The van der Waals surface area contributed by atoms with Crippen molar-refractivity contribution in [2.24, 2.45) is 0 Å². The van der Waals surface area contributed by atoms with Crippen molar-refractivity contribution in [2.75, 3.05) is 34.4 Å². The van der Waals surface area contributed by atoms with Gasteiger partial charge in [0.15, 0.2) is 18.1 Å². The van der Waals surface area contributed by atoms with E-state index in [9.17, 15) is 4.79 Å². The van der Waals surface area contributed by atoms with Crippen LogP contribution in [0.5, 0.6) is 11.5 Å². The van der Waals surface area contributed by atoms with E-state index in [-0.39, 0.29) is 12.5 Å². The molecule has 5 heteroatoms. The summed E-state index contributed by atoms with van der Waals surface area (Å²) in [5.41, 5.74) is 2.75. The van der Waals surface area contributed by atoms with E-state index in [1.807, 2.05) is 25.2 Å². The lowest BCUT2D eigenvalue weighted by atomic mass is 9.94. The van der Waals surface area contributed by atoms with Crippen LogP contribution >= 0.6 is 0 Å². The first-order valence-electron chi connectivity index (χ1n) is 8.85. The SMILES string of the molecule is COc1ccccc1OCC(=O)N(C)C[C@H]1Cc2ccccc2CN1C. The molecule has 0 unspecified atom stereocenters. The largest absolute Gasteiger partial charge is 0.493 e. The van der Waals surface area contributed by atoms with Gasteiger partial charge >= 0.3 is 0 Å². The Morgan fingerprint density at radius 1 is 1.12 bits per heavy atom. The van der Waals surface area contributed by atoms with Gasteiger partial charge in [-0.1, -0.05) is 36.4 Å². The van der Waals surface area contributed by atoms with E-state index in [2.05, 4.69) is 36.2 Å². The minimum Gasteiger partial charge on any atom is -0.493 e. The first kappa shape index (κ1) is 18.3. The average Bonchev–Trinajstić information content (AvgIpc) is 2.66. The third kappa shape index (κ3) is 4.17. The highest BCUT2D eigenvalue weighted by atomic mass is 16.5. The lowest BCUT2D eigenvalue weighted by Crippen LogP contribution is -2.47. The molecule has 138 valence electrons. The van der Waals surface area contributed by atoms with Crippen LogP contribution in [0.25, 0.3) is 0 Å². The van der Waals surface area contributed by atoms with Crippen molar-refractivity contribution in [2.45, 2.75) is 19.0 Å². The summed E-state index contributed by atoms with van der Waals surface area (Å²) in [5, 5.41) is 0. The number of nitrogens with zero attached hydrogens (tertiary/aromatic N) is 2. The summed E-state index contributed by atoms with van der Waals surface area (Å²) in [4.78, 5) is 16.6. The maximum Gasteiger partial charge on any atom is 0.260 e. The Kier molecular flexibility index (Phi) is 5.78. The zero-order valence-electron chi connectivity index (χ0n) is 15.6. The monoisotopic (exact) mass is 354 g/mol. The van der Waals surface area contributed by atoms with Gasteiger partial charge in [0, 0.05) is 26.2 Å². The number of methoxy groups -OCH3 is 1. The molecule has 0 radical (unpaired) electrons. The molecule has 1 heterocycles. The molecule has 0 saturated heterocycles. The Bertz CT molecular complexity index is 762. The minimum absolute atomic E-state index is 0.00386. The van der Waals surface area contributed by atoms with Gasteiger partial charge in [0.2, 0.25) is 0 Å². The molecule has 0 aromatic heterocycles. The zero-order valence-corrected chi connectivity index (χ0v) is 15.6. The van der Waals surface area contributed by atoms with Gasteiger partial charge in [-0.25, -0.2) is 0 Å². The number of likely N-dealkylation sites (N-methyl/N-ethyl adjacent to an activating group) is 2. The van der Waals surface area contributed by atoms with Gasteiger partial charge in [-0.15, -0.1) is 0 Å². The molecule has 1 atom stereocenters. The van der Waals surface area contributed by atoms with Crippen molar-refractivity contribution in [3.05, 3.63) is 59.7 Å². The zero-order chi connectivity index (χ0) is 18.5. The summed E-state index contributed by atoms with van der Waals surface area (Å²) >= 11 is 0. The fourth-order valence-electron chi connectivity index (χ4n) is 3.33. The number of hydrogen-bond donors (Lipinski definition) is 0. The Hall–Kier alpha value is -2.53. The Labute approximate surface area is 155 Å². The molecule has 0 bridgehead atoms. The van der Waals surface area contributed by atoms with E-state index in [0.717, 1.165) is 13.0 Å². The predicted octanol–water partition coefficient (Wildman–Crippen LogP) is 2.59. The van der Waals surface area contributed by atoms with Crippen LogP contribution in [0, 0.1) is 0 Å². The van der Waals surface area contributed by atoms with E-state index < -0.39 is 0 Å². The van der Waals surface area contributed by atoms with Crippen molar-refractivity contribution in [1.82, 2.24) is 9.80 Å². The highest BCUT2D eigenvalue weighted by molar-refractivity contribution is 5.77. The number of carbonyl (C=O) groups excluding carboxylic acids is 1. The van der Waals surface area contributed by atoms with Crippen LogP contribution in [-0.4, -0.2) is 56.1 Å². The van der Waals surface area contributed by atoms with Gasteiger partial charge in [-0.05, 0) is 36.7 Å². The van der Waals surface area contributed by atoms with Crippen LogP contribution in [0.4, 0.5) is 0 Å². The Morgan fingerprint density at radius 2 is 1.77 bits per heavy atom. The second kappa shape index (κ2) is 8.23. The van der Waals surface area contributed by atoms with Crippen molar-refractivity contribution in [3.63, 3.8) is 0 Å². The summed E-state index contributed by atoms with van der Waals surface area (Å²) in [5.74, 6) is 1.18. The molecule has 0 N–H and O–H groups in total. The molecule has 1 aliphatic heterocycles.